The van der Waals surface area contributed by atoms with Crippen LogP contribution in [0.25, 0.3) is 0 Å². The fourth-order valence-corrected chi connectivity index (χ4v) is 3.09. The number of thioether (sulfide) groups is 1. The number of hydrogen-bond acceptors (Lipinski definition) is 3. The van der Waals surface area contributed by atoms with E-state index in [9.17, 15) is 0 Å². The lowest BCUT2D eigenvalue weighted by atomic mass is 10.2. The summed E-state index contributed by atoms with van der Waals surface area (Å²) in [5, 5.41) is 5.07. The molecule has 2 aromatic rings. The fraction of sp³-hybridized carbons (Fsp3) is 0.308. The Bertz CT molecular complexity index is 578. The van der Waals surface area contributed by atoms with Gasteiger partial charge in [0.15, 0.2) is 0 Å². The molecule has 0 fully saturated rings. The number of hydrogen-bond donors (Lipinski definition) is 1. The van der Waals surface area contributed by atoms with E-state index in [1.54, 1.807) is 11.8 Å². The molecule has 0 saturated carbocycles. The molecule has 3 nitrogen and oxygen atoms in total. The smallest absolute Gasteiger partial charge is 0.0855 e. The third kappa shape index (κ3) is 2.65. The first kappa shape index (κ1) is 13.3. The number of rotatable bonds is 3. The Morgan fingerprint density at radius 2 is 2.11 bits per heavy atom. The standard InChI is InChI=1S/C13H16ClN3S/c1-8-6-10(4-5-11(8)15)18-7-12-13(14)9(2)16-17(12)3/h4-6H,7,15H2,1-3H3. The van der Waals surface area contributed by atoms with Gasteiger partial charge in [-0.15, -0.1) is 11.8 Å². The van der Waals surface area contributed by atoms with Gasteiger partial charge in [0.1, 0.15) is 0 Å². The molecule has 0 amide bonds. The van der Waals surface area contributed by atoms with E-state index in [-0.39, 0.29) is 0 Å². The minimum absolute atomic E-state index is 0.761. The SMILES string of the molecule is Cc1cc(SCc2c(Cl)c(C)nn2C)ccc1N. The third-order valence-electron chi connectivity index (χ3n) is 2.88. The van der Waals surface area contributed by atoms with Crippen LogP contribution in [0.2, 0.25) is 5.02 Å². The highest BCUT2D eigenvalue weighted by Gasteiger charge is 2.11. The normalized spacial score (nSPS) is 10.9. The van der Waals surface area contributed by atoms with Gasteiger partial charge in [0.2, 0.25) is 0 Å². The van der Waals surface area contributed by atoms with Crippen LogP contribution in [0.4, 0.5) is 5.69 Å². The summed E-state index contributed by atoms with van der Waals surface area (Å²) in [6, 6.07) is 6.06. The number of nitrogens with two attached hydrogens (primary N) is 1. The topological polar surface area (TPSA) is 43.8 Å². The molecule has 0 atom stereocenters. The van der Waals surface area contributed by atoms with Crippen molar-refractivity contribution >= 4 is 29.1 Å². The highest BCUT2D eigenvalue weighted by atomic mass is 35.5. The van der Waals surface area contributed by atoms with Gasteiger partial charge in [0, 0.05) is 23.4 Å². The first-order valence-electron chi connectivity index (χ1n) is 5.66. The molecule has 0 aliphatic rings. The molecular weight excluding hydrogens is 266 g/mol. The van der Waals surface area contributed by atoms with Crippen molar-refractivity contribution in [1.29, 1.82) is 0 Å². The summed E-state index contributed by atoms with van der Waals surface area (Å²) in [5.41, 5.74) is 9.66. The number of benzene rings is 1. The van der Waals surface area contributed by atoms with Crippen LogP contribution in [0.3, 0.4) is 0 Å². The van der Waals surface area contributed by atoms with Crippen molar-refractivity contribution in [3.8, 4) is 0 Å². The summed E-state index contributed by atoms with van der Waals surface area (Å²) < 4.78 is 1.84. The van der Waals surface area contributed by atoms with E-state index in [0.717, 1.165) is 33.4 Å². The van der Waals surface area contributed by atoms with Crippen molar-refractivity contribution in [3.63, 3.8) is 0 Å². The van der Waals surface area contributed by atoms with Gasteiger partial charge in [0.25, 0.3) is 0 Å². The Labute approximate surface area is 116 Å². The molecule has 5 heteroatoms. The predicted octanol–water partition coefficient (Wildman–Crippen LogP) is 3.56. The van der Waals surface area contributed by atoms with Gasteiger partial charge in [0.05, 0.1) is 16.4 Å². The van der Waals surface area contributed by atoms with Crippen LogP contribution in [0.1, 0.15) is 17.0 Å². The molecule has 1 aromatic carbocycles. The number of nitrogen functional groups attached to an aromatic ring is 1. The molecule has 18 heavy (non-hydrogen) atoms. The highest BCUT2D eigenvalue weighted by molar-refractivity contribution is 7.98. The van der Waals surface area contributed by atoms with Crippen LogP contribution in [0.5, 0.6) is 0 Å². The maximum atomic E-state index is 6.22. The molecule has 96 valence electrons. The summed E-state index contributed by atoms with van der Waals surface area (Å²) >= 11 is 7.96. The molecule has 2 rings (SSSR count). The van der Waals surface area contributed by atoms with Crippen LogP contribution in [-0.4, -0.2) is 9.78 Å². The first-order valence-corrected chi connectivity index (χ1v) is 7.02. The molecule has 1 heterocycles. The summed E-state index contributed by atoms with van der Waals surface area (Å²) in [6.07, 6.45) is 0. The van der Waals surface area contributed by atoms with E-state index in [1.807, 2.05) is 37.7 Å². The monoisotopic (exact) mass is 281 g/mol. The molecule has 1 aromatic heterocycles. The lowest BCUT2D eigenvalue weighted by molar-refractivity contribution is 0.727. The van der Waals surface area contributed by atoms with Gasteiger partial charge in [-0.25, -0.2) is 0 Å². The average molecular weight is 282 g/mol. The molecule has 0 unspecified atom stereocenters. The summed E-state index contributed by atoms with van der Waals surface area (Å²) in [6.45, 7) is 3.93. The van der Waals surface area contributed by atoms with E-state index in [2.05, 4.69) is 11.2 Å². The molecule has 0 aliphatic carbocycles. The van der Waals surface area contributed by atoms with Crippen LogP contribution in [-0.2, 0) is 12.8 Å². The number of halogens is 1. The predicted molar refractivity (Wildman–Crippen MR) is 78.1 cm³/mol. The summed E-state index contributed by atoms with van der Waals surface area (Å²) in [4.78, 5) is 1.19. The van der Waals surface area contributed by atoms with Gasteiger partial charge < -0.3 is 5.73 Å². The number of anilines is 1. The van der Waals surface area contributed by atoms with Crippen molar-refractivity contribution < 1.29 is 0 Å². The lowest BCUT2D eigenvalue weighted by Gasteiger charge is -2.06. The molecule has 0 aliphatic heterocycles. The first-order chi connectivity index (χ1) is 8.49. The molecule has 0 radical (unpaired) electrons. The quantitative estimate of drug-likeness (QED) is 0.691. The Kier molecular flexibility index (Phi) is 3.88. The van der Waals surface area contributed by atoms with Crippen molar-refractivity contribution in [2.75, 3.05) is 5.73 Å². The van der Waals surface area contributed by atoms with Crippen LogP contribution < -0.4 is 5.73 Å². The molecule has 0 spiro atoms. The van der Waals surface area contributed by atoms with E-state index in [0.29, 0.717) is 0 Å². The second kappa shape index (κ2) is 5.24. The van der Waals surface area contributed by atoms with Gasteiger partial charge in [-0.3, -0.25) is 4.68 Å². The maximum absolute atomic E-state index is 6.22. The number of nitrogens with zero attached hydrogens (tertiary/aromatic N) is 2. The van der Waals surface area contributed by atoms with Crippen molar-refractivity contribution in [3.05, 3.63) is 40.2 Å². The number of aromatic nitrogens is 2. The Balaban J connectivity index is 2.14. The molecule has 0 saturated heterocycles. The van der Waals surface area contributed by atoms with Crippen LogP contribution in [0, 0.1) is 13.8 Å². The largest absolute Gasteiger partial charge is 0.399 e. The summed E-state index contributed by atoms with van der Waals surface area (Å²) in [5.74, 6) is 0.805. The zero-order chi connectivity index (χ0) is 13.3. The van der Waals surface area contributed by atoms with E-state index in [4.69, 9.17) is 17.3 Å². The van der Waals surface area contributed by atoms with Crippen LogP contribution >= 0.6 is 23.4 Å². The fourth-order valence-electron chi connectivity index (χ4n) is 1.73. The molecular formula is C13H16ClN3S. The third-order valence-corrected chi connectivity index (χ3v) is 4.38. The zero-order valence-electron chi connectivity index (χ0n) is 10.7. The highest BCUT2D eigenvalue weighted by Crippen LogP contribution is 2.29. The minimum Gasteiger partial charge on any atom is -0.399 e. The van der Waals surface area contributed by atoms with E-state index < -0.39 is 0 Å². The second-order valence-corrected chi connectivity index (χ2v) is 5.70. The maximum Gasteiger partial charge on any atom is 0.0855 e. The number of aryl methyl sites for hydroxylation is 3. The van der Waals surface area contributed by atoms with Crippen molar-refractivity contribution in [2.45, 2.75) is 24.5 Å². The zero-order valence-corrected chi connectivity index (χ0v) is 12.3. The van der Waals surface area contributed by atoms with Gasteiger partial charge >= 0.3 is 0 Å². The lowest BCUT2D eigenvalue weighted by Crippen LogP contribution is -1.96. The van der Waals surface area contributed by atoms with Gasteiger partial charge in [-0.05, 0) is 37.6 Å². The van der Waals surface area contributed by atoms with Gasteiger partial charge in [-0.1, -0.05) is 11.6 Å². The Hall–Kier alpha value is -1.13. The average Bonchev–Trinajstić information content (AvgIpc) is 2.56. The van der Waals surface area contributed by atoms with Crippen molar-refractivity contribution in [1.82, 2.24) is 9.78 Å². The van der Waals surface area contributed by atoms with E-state index in [1.165, 1.54) is 4.90 Å². The molecule has 2 N–H and O–H groups in total. The Morgan fingerprint density at radius 3 is 2.67 bits per heavy atom. The van der Waals surface area contributed by atoms with Crippen LogP contribution in [0.15, 0.2) is 23.1 Å². The second-order valence-electron chi connectivity index (χ2n) is 4.28. The van der Waals surface area contributed by atoms with E-state index >= 15 is 0 Å². The van der Waals surface area contributed by atoms with Crippen molar-refractivity contribution in [2.24, 2.45) is 7.05 Å². The minimum atomic E-state index is 0.761. The Morgan fingerprint density at radius 1 is 1.39 bits per heavy atom. The summed E-state index contributed by atoms with van der Waals surface area (Å²) in [7, 11) is 1.92. The van der Waals surface area contributed by atoms with Gasteiger partial charge in [-0.2, -0.15) is 5.10 Å². The molecule has 0 bridgehead atoms.